The minimum absolute atomic E-state index is 0.536. The molecular formula is C18H23NS. The third-order valence-electron chi connectivity index (χ3n) is 3.63. The summed E-state index contributed by atoms with van der Waals surface area (Å²) in [4.78, 5) is 1.30. The molecule has 2 aromatic carbocycles. The summed E-state index contributed by atoms with van der Waals surface area (Å²) in [5.41, 5.74) is 2.62. The molecule has 0 saturated heterocycles. The molecular weight excluding hydrogens is 262 g/mol. The molecule has 20 heavy (non-hydrogen) atoms. The van der Waals surface area contributed by atoms with Crippen LogP contribution in [0.2, 0.25) is 0 Å². The number of hydrogen-bond donors (Lipinski definition) is 1. The van der Waals surface area contributed by atoms with Crippen molar-refractivity contribution in [1.82, 2.24) is 0 Å². The molecule has 0 aliphatic rings. The van der Waals surface area contributed by atoms with Crippen molar-refractivity contribution in [2.75, 3.05) is 18.1 Å². The van der Waals surface area contributed by atoms with Gasteiger partial charge in [0.25, 0.3) is 0 Å². The SMILES string of the molecule is CSc1cccc(NCC(c2ccccc2)C(C)C)c1. The Hall–Kier alpha value is -1.41. The maximum atomic E-state index is 3.59. The fourth-order valence-electron chi connectivity index (χ4n) is 2.40. The lowest BCUT2D eigenvalue weighted by molar-refractivity contribution is 0.517. The van der Waals surface area contributed by atoms with E-state index in [9.17, 15) is 0 Å². The van der Waals surface area contributed by atoms with E-state index >= 15 is 0 Å². The van der Waals surface area contributed by atoms with Gasteiger partial charge in [0.15, 0.2) is 0 Å². The monoisotopic (exact) mass is 285 g/mol. The first-order valence-electron chi connectivity index (χ1n) is 7.13. The second kappa shape index (κ2) is 7.39. The molecule has 0 aliphatic heterocycles. The molecule has 0 fully saturated rings. The third-order valence-corrected chi connectivity index (χ3v) is 4.35. The van der Waals surface area contributed by atoms with Crippen LogP contribution in [0.25, 0.3) is 0 Å². The molecule has 0 spiro atoms. The van der Waals surface area contributed by atoms with Crippen molar-refractivity contribution in [2.24, 2.45) is 5.92 Å². The van der Waals surface area contributed by atoms with Gasteiger partial charge in [-0.3, -0.25) is 0 Å². The minimum Gasteiger partial charge on any atom is -0.384 e. The first kappa shape index (κ1) is 15.0. The topological polar surface area (TPSA) is 12.0 Å². The number of rotatable bonds is 6. The van der Waals surface area contributed by atoms with Gasteiger partial charge in [-0.25, -0.2) is 0 Å². The van der Waals surface area contributed by atoms with Crippen molar-refractivity contribution in [1.29, 1.82) is 0 Å². The lowest BCUT2D eigenvalue weighted by atomic mass is 9.88. The molecule has 0 heterocycles. The van der Waals surface area contributed by atoms with Gasteiger partial charge in [0.05, 0.1) is 0 Å². The Morgan fingerprint density at radius 3 is 2.40 bits per heavy atom. The fourth-order valence-corrected chi connectivity index (χ4v) is 2.86. The summed E-state index contributed by atoms with van der Waals surface area (Å²) in [6.07, 6.45) is 2.11. The molecule has 0 aliphatic carbocycles. The normalized spacial score (nSPS) is 12.4. The van der Waals surface area contributed by atoms with E-state index in [1.54, 1.807) is 11.8 Å². The van der Waals surface area contributed by atoms with Crippen molar-refractivity contribution in [2.45, 2.75) is 24.7 Å². The van der Waals surface area contributed by atoms with Crippen LogP contribution in [0.15, 0.2) is 59.5 Å². The minimum atomic E-state index is 0.536. The van der Waals surface area contributed by atoms with Crippen molar-refractivity contribution in [3.63, 3.8) is 0 Å². The van der Waals surface area contributed by atoms with E-state index in [4.69, 9.17) is 0 Å². The molecule has 1 N–H and O–H groups in total. The molecule has 0 saturated carbocycles. The molecule has 2 heteroatoms. The first-order valence-corrected chi connectivity index (χ1v) is 8.36. The Kier molecular flexibility index (Phi) is 5.54. The van der Waals surface area contributed by atoms with Crippen LogP contribution in [0.3, 0.4) is 0 Å². The molecule has 0 aromatic heterocycles. The highest BCUT2D eigenvalue weighted by Gasteiger charge is 2.15. The van der Waals surface area contributed by atoms with Gasteiger partial charge in [0, 0.05) is 23.0 Å². The van der Waals surface area contributed by atoms with Crippen molar-refractivity contribution in [3.05, 3.63) is 60.2 Å². The Bertz CT molecular complexity index is 522. The van der Waals surface area contributed by atoms with E-state index in [1.807, 2.05) is 0 Å². The van der Waals surface area contributed by atoms with Crippen LogP contribution in [0.1, 0.15) is 25.3 Å². The van der Waals surface area contributed by atoms with E-state index in [2.05, 4.69) is 80.0 Å². The lowest BCUT2D eigenvalue weighted by Crippen LogP contribution is -2.17. The van der Waals surface area contributed by atoms with Crippen molar-refractivity contribution >= 4 is 17.4 Å². The smallest absolute Gasteiger partial charge is 0.0351 e. The predicted molar refractivity (Wildman–Crippen MR) is 90.7 cm³/mol. The molecule has 0 bridgehead atoms. The van der Waals surface area contributed by atoms with E-state index in [0.717, 1.165) is 6.54 Å². The summed E-state index contributed by atoms with van der Waals surface area (Å²) in [5.74, 6) is 1.16. The highest BCUT2D eigenvalue weighted by molar-refractivity contribution is 7.98. The number of benzene rings is 2. The van der Waals surface area contributed by atoms with Crippen LogP contribution in [0.5, 0.6) is 0 Å². The molecule has 1 unspecified atom stereocenters. The quantitative estimate of drug-likeness (QED) is 0.726. The highest BCUT2D eigenvalue weighted by Crippen LogP contribution is 2.25. The Labute approximate surface area is 126 Å². The van der Waals surface area contributed by atoms with Gasteiger partial charge in [0.2, 0.25) is 0 Å². The van der Waals surface area contributed by atoms with Crippen LogP contribution in [-0.4, -0.2) is 12.8 Å². The molecule has 1 nitrogen and oxygen atoms in total. The number of thioether (sulfide) groups is 1. The predicted octanol–water partition coefficient (Wildman–Crippen LogP) is 5.26. The summed E-state index contributed by atoms with van der Waals surface area (Å²) >= 11 is 1.78. The van der Waals surface area contributed by atoms with Crippen molar-refractivity contribution < 1.29 is 0 Å². The van der Waals surface area contributed by atoms with Crippen LogP contribution in [-0.2, 0) is 0 Å². The van der Waals surface area contributed by atoms with Crippen molar-refractivity contribution in [3.8, 4) is 0 Å². The van der Waals surface area contributed by atoms with Crippen LogP contribution < -0.4 is 5.32 Å². The van der Waals surface area contributed by atoms with E-state index in [-0.39, 0.29) is 0 Å². The molecule has 2 aromatic rings. The van der Waals surface area contributed by atoms with Gasteiger partial charge in [-0.1, -0.05) is 50.2 Å². The molecule has 106 valence electrons. The average molecular weight is 285 g/mol. The Balaban J connectivity index is 2.06. The van der Waals surface area contributed by atoms with Gasteiger partial charge in [0.1, 0.15) is 0 Å². The zero-order valence-corrected chi connectivity index (χ0v) is 13.3. The molecule has 2 rings (SSSR count). The van der Waals surface area contributed by atoms with E-state index in [1.165, 1.54) is 16.1 Å². The van der Waals surface area contributed by atoms with Crippen LogP contribution in [0, 0.1) is 5.92 Å². The zero-order chi connectivity index (χ0) is 14.4. The fraction of sp³-hybridized carbons (Fsp3) is 0.333. The highest BCUT2D eigenvalue weighted by atomic mass is 32.2. The largest absolute Gasteiger partial charge is 0.384 e. The molecule has 1 atom stereocenters. The maximum Gasteiger partial charge on any atom is 0.0351 e. The number of hydrogen-bond acceptors (Lipinski definition) is 2. The number of anilines is 1. The summed E-state index contributed by atoms with van der Waals surface area (Å²) in [7, 11) is 0. The third kappa shape index (κ3) is 4.04. The van der Waals surface area contributed by atoms with Gasteiger partial charge < -0.3 is 5.32 Å². The van der Waals surface area contributed by atoms with Crippen LogP contribution in [0.4, 0.5) is 5.69 Å². The standard InChI is InChI=1S/C18H23NS/c1-14(2)18(15-8-5-4-6-9-15)13-19-16-10-7-11-17(12-16)20-3/h4-12,14,18-19H,13H2,1-3H3. The van der Waals surface area contributed by atoms with Gasteiger partial charge in [-0.2, -0.15) is 0 Å². The summed E-state index contributed by atoms with van der Waals surface area (Å²) in [6.45, 7) is 5.55. The maximum absolute atomic E-state index is 3.59. The van der Waals surface area contributed by atoms with E-state index in [0.29, 0.717) is 11.8 Å². The summed E-state index contributed by atoms with van der Waals surface area (Å²) in [6, 6.07) is 19.4. The van der Waals surface area contributed by atoms with E-state index < -0.39 is 0 Å². The first-order chi connectivity index (χ1) is 9.70. The van der Waals surface area contributed by atoms with Gasteiger partial charge in [-0.05, 0) is 35.9 Å². The molecule has 0 amide bonds. The van der Waals surface area contributed by atoms with Gasteiger partial charge in [-0.15, -0.1) is 11.8 Å². The number of nitrogens with one attached hydrogen (secondary N) is 1. The summed E-state index contributed by atoms with van der Waals surface area (Å²) in [5, 5.41) is 3.59. The lowest BCUT2D eigenvalue weighted by Gasteiger charge is -2.22. The van der Waals surface area contributed by atoms with Gasteiger partial charge >= 0.3 is 0 Å². The second-order valence-corrected chi connectivity index (χ2v) is 6.25. The Morgan fingerprint density at radius 2 is 1.75 bits per heavy atom. The average Bonchev–Trinajstić information content (AvgIpc) is 2.48. The molecule has 0 radical (unpaired) electrons. The van der Waals surface area contributed by atoms with Crippen LogP contribution >= 0.6 is 11.8 Å². The zero-order valence-electron chi connectivity index (χ0n) is 12.5. The Morgan fingerprint density at radius 1 is 1.00 bits per heavy atom. The summed E-state index contributed by atoms with van der Waals surface area (Å²) < 4.78 is 0. The second-order valence-electron chi connectivity index (χ2n) is 5.37.